The van der Waals surface area contributed by atoms with Crippen LogP contribution in [0.1, 0.15) is 69.7 Å². The van der Waals surface area contributed by atoms with Crippen LogP contribution in [0.2, 0.25) is 0 Å². The number of carbonyl (C=O) groups excluding carboxylic acids is 2. The zero-order chi connectivity index (χ0) is 22.9. The number of anilines is 1. The number of aryl methyl sites for hydroxylation is 1. The summed E-state index contributed by atoms with van der Waals surface area (Å²) in [6.07, 6.45) is 7.80. The number of thiophene rings is 1. The number of hydrogen-bond donors (Lipinski definition) is 2. The number of amides is 2. The van der Waals surface area contributed by atoms with Crippen LogP contribution in [0, 0.1) is 0 Å². The van der Waals surface area contributed by atoms with Crippen LogP contribution < -0.4 is 10.6 Å². The highest BCUT2D eigenvalue weighted by Gasteiger charge is 2.30. The van der Waals surface area contributed by atoms with Crippen LogP contribution in [0.25, 0.3) is 0 Å². The van der Waals surface area contributed by atoms with Crippen LogP contribution >= 0.6 is 11.3 Å². The number of carbonyl (C=O) groups is 2. The molecule has 9 heteroatoms. The SMILES string of the molecule is CNC(=O)c1c(NC(=O)c2ccc(S(=O)(=O)N(C)C3CCCCC3)cc2)sc2c1CCC2. The fourth-order valence-corrected chi connectivity index (χ4v) is 7.32. The molecule has 1 saturated carbocycles. The number of sulfonamides is 1. The first-order valence-corrected chi connectivity index (χ1v) is 13.3. The molecule has 7 nitrogen and oxygen atoms in total. The highest BCUT2D eigenvalue weighted by molar-refractivity contribution is 7.89. The first kappa shape index (κ1) is 22.9. The summed E-state index contributed by atoms with van der Waals surface area (Å²) in [7, 11) is -0.388. The topological polar surface area (TPSA) is 95.6 Å². The molecule has 1 heterocycles. The molecule has 0 saturated heterocycles. The zero-order valence-corrected chi connectivity index (χ0v) is 20.1. The lowest BCUT2D eigenvalue weighted by molar-refractivity contribution is 0.0963. The Hall–Kier alpha value is -2.23. The zero-order valence-electron chi connectivity index (χ0n) is 18.4. The predicted octanol–water partition coefficient (Wildman–Crippen LogP) is 3.80. The van der Waals surface area contributed by atoms with E-state index < -0.39 is 10.0 Å². The van der Waals surface area contributed by atoms with Crippen molar-refractivity contribution in [2.75, 3.05) is 19.4 Å². The van der Waals surface area contributed by atoms with Crippen molar-refractivity contribution in [3.8, 4) is 0 Å². The molecule has 172 valence electrons. The summed E-state index contributed by atoms with van der Waals surface area (Å²) in [6.45, 7) is 0. The fraction of sp³-hybridized carbons (Fsp3) is 0.478. The molecule has 0 bridgehead atoms. The minimum absolute atomic E-state index is 0.0284. The van der Waals surface area contributed by atoms with E-state index in [9.17, 15) is 18.0 Å². The molecule has 0 radical (unpaired) electrons. The van der Waals surface area contributed by atoms with E-state index in [1.807, 2.05) is 0 Å². The first-order chi connectivity index (χ1) is 15.3. The third-order valence-corrected chi connectivity index (χ3v) is 9.62. The van der Waals surface area contributed by atoms with Gasteiger partial charge in [-0.1, -0.05) is 19.3 Å². The highest BCUT2D eigenvalue weighted by Crippen LogP contribution is 2.39. The van der Waals surface area contributed by atoms with Gasteiger partial charge in [0.2, 0.25) is 10.0 Å². The molecule has 4 rings (SSSR count). The molecule has 0 aliphatic heterocycles. The minimum Gasteiger partial charge on any atom is -0.355 e. The third kappa shape index (κ3) is 4.33. The average Bonchev–Trinajstić information content (AvgIpc) is 3.39. The molecular formula is C23H29N3O4S2. The van der Waals surface area contributed by atoms with E-state index in [1.54, 1.807) is 14.1 Å². The molecule has 1 fully saturated rings. The normalized spacial score (nSPS) is 16.7. The van der Waals surface area contributed by atoms with Crippen molar-refractivity contribution in [2.24, 2.45) is 0 Å². The molecule has 2 N–H and O–H groups in total. The summed E-state index contributed by atoms with van der Waals surface area (Å²) >= 11 is 1.45. The maximum absolute atomic E-state index is 13.0. The second-order valence-electron chi connectivity index (χ2n) is 8.43. The van der Waals surface area contributed by atoms with Gasteiger partial charge in [0.1, 0.15) is 5.00 Å². The molecule has 0 spiro atoms. The maximum atomic E-state index is 13.0. The molecule has 2 aliphatic carbocycles. The molecule has 2 amide bonds. The van der Waals surface area contributed by atoms with Crippen LogP contribution in [0.4, 0.5) is 5.00 Å². The van der Waals surface area contributed by atoms with Gasteiger partial charge in [-0.05, 0) is 61.9 Å². The van der Waals surface area contributed by atoms with Crippen LogP contribution in [0.5, 0.6) is 0 Å². The number of fused-ring (bicyclic) bond motifs is 1. The largest absolute Gasteiger partial charge is 0.355 e. The summed E-state index contributed by atoms with van der Waals surface area (Å²) in [5.41, 5.74) is 1.92. The fourth-order valence-electron chi connectivity index (χ4n) is 4.62. The summed E-state index contributed by atoms with van der Waals surface area (Å²) in [5.74, 6) is -0.563. The Balaban J connectivity index is 1.51. The van der Waals surface area contributed by atoms with E-state index >= 15 is 0 Å². The Morgan fingerprint density at radius 3 is 2.34 bits per heavy atom. The number of benzene rings is 1. The molecule has 32 heavy (non-hydrogen) atoms. The van der Waals surface area contributed by atoms with Crippen molar-refractivity contribution in [3.05, 3.63) is 45.8 Å². The van der Waals surface area contributed by atoms with Gasteiger partial charge in [0.15, 0.2) is 0 Å². The monoisotopic (exact) mass is 475 g/mol. The van der Waals surface area contributed by atoms with Gasteiger partial charge in [-0.25, -0.2) is 8.42 Å². The molecule has 2 aromatic rings. The first-order valence-electron chi connectivity index (χ1n) is 11.1. The molecular weight excluding hydrogens is 446 g/mol. The lowest BCUT2D eigenvalue weighted by Crippen LogP contribution is -2.38. The Labute approximate surface area is 193 Å². The van der Waals surface area contributed by atoms with Crippen LogP contribution in [-0.4, -0.2) is 44.7 Å². The summed E-state index contributed by atoms with van der Waals surface area (Å²) < 4.78 is 27.5. The van der Waals surface area contributed by atoms with Crippen molar-refractivity contribution in [3.63, 3.8) is 0 Å². The predicted molar refractivity (Wildman–Crippen MR) is 126 cm³/mol. The lowest BCUT2D eigenvalue weighted by atomic mass is 9.96. The van der Waals surface area contributed by atoms with Gasteiger partial charge < -0.3 is 10.6 Å². The van der Waals surface area contributed by atoms with Crippen molar-refractivity contribution in [1.82, 2.24) is 9.62 Å². The molecule has 0 atom stereocenters. The second-order valence-corrected chi connectivity index (χ2v) is 11.5. The molecule has 1 aromatic carbocycles. The van der Waals surface area contributed by atoms with E-state index in [-0.39, 0.29) is 22.8 Å². The Kier molecular flexibility index (Phi) is 6.69. The van der Waals surface area contributed by atoms with Crippen LogP contribution in [0.15, 0.2) is 29.2 Å². The Bertz CT molecular complexity index is 1120. The van der Waals surface area contributed by atoms with Crippen molar-refractivity contribution >= 4 is 38.2 Å². The maximum Gasteiger partial charge on any atom is 0.256 e. The summed E-state index contributed by atoms with van der Waals surface area (Å²) in [6, 6.07) is 6.05. The number of nitrogens with one attached hydrogen (secondary N) is 2. The van der Waals surface area contributed by atoms with Gasteiger partial charge >= 0.3 is 0 Å². The van der Waals surface area contributed by atoms with Gasteiger partial charge in [0, 0.05) is 30.6 Å². The quantitative estimate of drug-likeness (QED) is 0.664. The van der Waals surface area contributed by atoms with Crippen molar-refractivity contribution < 1.29 is 18.0 Å². The second kappa shape index (κ2) is 9.33. The van der Waals surface area contributed by atoms with Gasteiger partial charge in [-0.3, -0.25) is 9.59 Å². The number of nitrogens with zero attached hydrogens (tertiary/aromatic N) is 1. The molecule has 2 aliphatic rings. The van der Waals surface area contributed by atoms with E-state index in [0.717, 1.165) is 61.8 Å². The number of rotatable bonds is 6. The van der Waals surface area contributed by atoms with Gasteiger partial charge in [0.05, 0.1) is 10.5 Å². The van der Waals surface area contributed by atoms with E-state index in [2.05, 4.69) is 10.6 Å². The van der Waals surface area contributed by atoms with Crippen molar-refractivity contribution in [1.29, 1.82) is 0 Å². The average molecular weight is 476 g/mol. The van der Waals surface area contributed by atoms with Crippen molar-refractivity contribution in [2.45, 2.75) is 62.3 Å². The van der Waals surface area contributed by atoms with E-state index in [4.69, 9.17) is 0 Å². The Morgan fingerprint density at radius 1 is 1.00 bits per heavy atom. The number of hydrogen-bond acceptors (Lipinski definition) is 5. The van der Waals surface area contributed by atoms with Gasteiger partial charge in [-0.15, -0.1) is 11.3 Å². The summed E-state index contributed by atoms with van der Waals surface area (Å²) in [5, 5.41) is 6.07. The highest BCUT2D eigenvalue weighted by atomic mass is 32.2. The van der Waals surface area contributed by atoms with Gasteiger partial charge in [0.25, 0.3) is 11.8 Å². The van der Waals surface area contributed by atoms with E-state index in [1.165, 1.54) is 39.9 Å². The lowest BCUT2D eigenvalue weighted by Gasteiger charge is -2.30. The molecule has 0 unspecified atom stereocenters. The third-order valence-electron chi connectivity index (χ3n) is 6.48. The van der Waals surface area contributed by atoms with Gasteiger partial charge in [-0.2, -0.15) is 4.31 Å². The van der Waals surface area contributed by atoms with Crippen LogP contribution in [-0.2, 0) is 22.9 Å². The standard InChI is InChI=1S/C23H29N3O4S2/c1-24-22(28)20-18-9-6-10-19(18)31-23(20)25-21(27)15-11-13-17(14-12-15)32(29,30)26(2)16-7-4-3-5-8-16/h11-14,16H,3-10H2,1-2H3,(H,24,28)(H,25,27). The Morgan fingerprint density at radius 2 is 1.69 bits per heavy atom. The smallest absolute Gasteiger partial charge is 0.256 e. The van der Waals surface area contributed by atoms with Crippen LogP contribution in [0.3, 0.4) is 0 Å². The summed E-state index contributed by atoms with van der Waals surface area (Å²) in [4.78, 5) is 26.6. The minimum atomic E-state index is -3.61. The van der Waals surface area contributed by atoms with E-state index in [0.29, 0.717) is 16.1 Å². The molecule has 1 aromatic heterocycles.